The molecule has 1 aliphatic rings. The molecule has 0 unspecified atom stereocenters. The highest BCUT2D eigenvalue weighted by Gasteiger charge is 2.19. The number of aryl methyl sites for hydroxylation is 1. The first-order valence-corrected chi connectivity index (χ1v) is 9.03. The first kappa shape index (κ1) is 17.7. The van der Waals surface area contributed by atoms with E-state index in [-0.39, 0.29) is 11.5 Å². The fourth-order valence-electron chi connectivity index (χ4n) is 3.51. The van der Waals surface area contributed by atoms with Crippen molar-refractivity contribution in [1.82, 2.24) is 9.47 Å². The molecule has 1 saturated heterocycles. The van der Waals surface area contributed by atoms with Gasteiger partial charge in [-0.15, -0.1) is 0 Å². The number of phenolic OH excluding ortho intramolecular Hbond substituents is 1. The summed E-state index contributed by atoms with van der Waals surface area (Å²) in [5.74, 6) is -0.967. The number of ketones is 1. The van der Waals surface area contributed by atoms with Crippen molar-refractivity contribution in [2.75, 3.05) is 19.6 Å². The Morgan fingerprint density at radius 3 is 2.64 bits per heavy atom. The number of piperidine rings is 1. The van der Waals surface area contributed by atoms with E-state index in [1.165, 1.54) is 31.4 Å². The summed E-state index contributed by atoms with van der Waals surface area (Å²) < 4.78 is 15.7. The van der Waals surface area contributed by atoms with Crippen LogP contribution >= 0.6 is 0 Å². The molecule has 0 atom stereocenters. The number of carbonyl (C=O) groups is 1. The zero-order valence-corrected chi connectivity index (χ0v) is 14.7. The monoisotopic (exact) mass is 344 g/mol. The van der Waals surface area contributed by atoms with Crippen molar-refractivity contribution in [1.29, 1.82) is 0 Å². The SMILES string of the molecule is CCn1ccc(C(=O)CCN2CCCCC2)c1-c1ccc(O)c(F)c1. The Morgan fingerprint density at radius 1 is 1.20 bits per heavy atom. The number of halogens is 1. The van der Waals surface area contributed by atoms with Gasteiger partial charge in [0.2, 0.25) is 0 Å². The first-order valence-electron chi connectivity index (χ1n) is 9.03. The number of benzene rings is 1. The second-order valence-corrected chi connectivity index (χ2v) is 6.61. The average molecular weight is 344 g/mol. The molecule has 1 fully saturated rings. The van der Waals surface area contributed by atoms with Crippen LogP contribution in [0.15, 0.2) is 30.5 Å². The lowest BCUT2D eigenvalue weighted by Crippen LogP contribution is -2.31. The predicted molar refractivity (Wildman–Crippen MR) is 96.4 cm³/mol. The fourth-order valence-corrected chi connectivity index (χ4v) is 3.51. The van der Waals surface area contributed by atoms with Crippen molar-refractivity contribution in [2.45, 2.75) is 39.2 Å². The van der Waals surface area contributed by atoms with E-state index in [1.54, 1.807) is 6.07 Å². The number of rotatable bonds is 6. The Morgan fingerprint density at radius 2 is 1.96 bits per heavy atom. The van der Waals surface area contributed by atoms with Crippen LogP contribution in [0, 0.1) is 5.82 Å². The van der Waals surface area contributed by atoms with Crippen LogP contribution in [-0.2, 0) is 6.54 Å². The van der Waals surface area contributed by atoms with Gasteiger partial charge in [0.15, 0.2) is 17.3 Å². The molecule has 2 heterocycles. The molecule has 2 aromatic rings. The van der Waals surface area contributed by atoms with Crippen molar-refractivity contribution in [3.8, 4) is 17.0 Å². The molecular formula is C20H25FN2O2. The normalized spacial score (nSPS) is 15.4. The Balaban J connectivity index is 1.82. The number of hydrogen-bond acceptors (Lipinski definition) is 3. The lowest BCUT2D eigenvalue weighted by molar-refractivity contribution is 0.0959. The van der Waals surface area contributed by atoms with E-state index in [0.717, 1.165) is 25.3 Å². The minimum absolute atomic E-state index is 0.0845. The highest BCUT2D eigenvalue weighted by molar-refractivity contribution is 6.02. The molecule has 0 bridgehead atoms. The number of Topliss-reactive ketones (excluding diaryl/α,β-unsaturated/α-hetero) is 1. The average Bonchev–Trinajstić information content (AvgIpc) is 3.07. The molecule has 3 rings (SSSR count). The smallest absolute Gasteiger partial charge is 0.166 e. The van der Waals surface area contributed by atoms with Crippen LogP contribution in [0.5, 0.6) is 5.75 Å². The second kappa shape index (κ2) is 7.83. The Labute approximate surface area is 147 Å². The predicted octanol–water partition coefficient (Wildman–Crippen LogP) is 4.08. The fraction of sp³-hybridized carbons (Fsp3) is 0.450. The topological polar surface area (TPSA) is 45.5 Å². The van der Waals surface area contributed by atoms with Crippen molar-refractivity contribution in [3.63, 3.8) is 0 Å². The van der Waals surface area contributed by atoms with E-state index in [4.69, 9.17) is 0 Å². The maximum atomic E-state index is 13.8. The van der Waals surface area contributed by atoms with Gasteiger partial charge in [0, 0.05) is 36.8 Å². The number of carbonyl (C=O) groups excluding carboxylic acids is 1. The highest BCUT2D eigenvalue weighted by atomic mass is 19.1. The van der Waals surface area contributed by atoms with Crippen LogP contribution in [0.3, 0.4) is 0 Å². The van der Waals surface area contributed by atoms with Gasteiger partial charge in [0.1, 0.15) is 0 Å². The third kappa shape index (κ3) is 3.93. The summed E-state index contributed by atoms with van der Waals surface area (Å²) in [5, 5.41) is 9.42. The van der Waals surface area contributed by atoms with Crippen molar-refractivity contribution in [3.05, 3.63) is 41.8 Å². The summed E-state index contributed by atoms with van der Waals surface area (Å²) in [6.45, 7) is 5.59. The maximum Gasteiger partial charge on any atom is 0.166 e. The molecule has 25 heavy (non-hydrogen) atoms. The molecule has 1 aliphatic heterocycles. The van der Waals surface area contributed by atoms with Crippen LogP contribution < -0.4 is 0 Å². The number of likely N-dealkylation sites (tertiary alicyclic amines) is 1. The third-order valence-electron chi connectivity index (χ3n) is 4.93. The van der Waals surface area contributed by atoms with E-state index in [9.17, 15) is 14.3 Å². The molecule has 0 spiro atoms. The summed E-state index contributed by atoms with van der Waals surface area (Å²) >= 11 is 0. The summed E-state index contributed by atoms with van der Waals surface area (Å²) in [5.41, 5.74) is 1.97. The first-order chi connectivity index (χ1) is 12.1. The van der Waals surface area contributed by atoms with Gasteiger partial charge < -0.3 is 14.6 Å². The lowest BCUT2D eigenvalue weighted by atomic mass is 10.0. The number of aromatic nitrogens is 1. The Bertz CT molecular complexity index is 748. The summed E-state index contributed by atoms with van der Waals surface area (Å²) in [6.07, 6.45) is 6.03. The largest absolute Gasteiger partial charge is 0.505 e. The number of aromatic hydroxyl groups is 1. The standard InChI is InChI=1S/C20H25FN2O2/c1-2-23-13-8-16(18(24)9-12-22-10-4-3-5-11-22)20(23)15-6-7-19(25)17(21)14-15/h6-8,13-14,25H,2-5,9-12H2,1H3. The van der Waals surface area contributed by atoms with E-state index in [2.05, 4.69) is 4.90 Å². The van der Waals surface area contributed by atoms with E-state index in [0.29, 0.717) is 24.1 Å². The molecule has 134 valence electrons. The van der Waals surface area contributed by atoms with Crippen molar-refractivity contribution >= 4 is 5.78 Å². The molecule has 0 radical (unpaired) electrons. The number of nitrogens with zero attached hydrogens (tertiary/aromatic N) is 2. The molecule has 0 aliphatic carbocycles. The van der Waals surface area contributed by atoms with Crippen LogP contribution in [0.1, 0.15) is 43.0 Å². The number of phenols is 1. The summed E-state index contributed by atoms with van der Waals surface area (Å²) in [7, 11) is 0. The summed E-state index contributed by atoms with van der Waals surface area (Å²) in [4.78, 5) is 15.1. The lowest BCUT2D eigenvalue weighted by Gasteiger charge is -2.26. The quantitative estimate of drug-likeness (QED) is 0.803. The van der Waals surface area contributed by atoms with Crippen LogP contribution in [0.4, 0.5) is 4.39 Å². The van der Waals surface area contributed by atoms with E-state index < -0.39 is 5.82 Å². The molecule has 1 N–H and O–H groups in total. The number of hydrogen-bond donors (Lipinski definition) is 1. The Kier molecular flexibility index (Phi) is 5.53. The van der Waals surface area contributed by atoms with Gasteiger partial charge in [0.25, 0.3) is 0 Å². The van der Waals surface area contributed by atoms with Gasteiger partial charge in [-0.2, -0.15) is 0 Å². The van der Waals surface area contributed by atoms with E-state index in [1.807, 2.05) is 23.8 Å². The molecule has 1 aromatic carbocycles. The van der Waals surface area contributed by atoms with Crippen LogP contribution in [0.2, 0.25) is 0 Å². The minimum Gasteiger partial charge on any atom is -0.505 e. The van der Waals surface area contributed by atoms with Gasteiger partial charge >= 0.3 is 0 Å². The van der Waals surface area contributed by atoms with Gasteiger partial charge in [-0.05, 0) is 57.1 Å². The third-order valence-corrected chi connectivity index (χ3v) is 4.93. The molecule has 0 amide bonds. The second-order valence-electron chi connectivity index (χ2n) is 6.61. The van der Waals surface area contributed by atoms with Gasteiger partial charge in [0.05, 0.1) is 5.69 Å². The summed E-state index contributed by atoms with van der Waals surface area (Å²) in [6, 6.07) is 6.10. The Hall–Kier alpha value is -2.14. The van der Waals surface area contributed by atoms with Gasteiger partial charge in [-0.25, -0.2) is 4.39 Å². The van der Waals surface area contributed by atoms with Crippen LogP contribution in [-0.4, -0.2) is 40.0 Å². The molecule has 5 heteroatoms. The van der Waals surface area contributed by atoms with Gasteiger partial charge in [-0.1, -0.05) is 6.42 Å². The molecule has 4 nitrogen and oxygen atoms in total. The van der Waals surface area contributed by atoms with E-state index >= 15 is 0 Å². The molecule has 0 saturated carbocycles. The zero-order chi connectivity index (χ0) is 17.8. The van der Waals surface area contributed by atoms with Crippen molar-refractivity contribution < 1.29 is 14.3 Å². The molecular weight excluding hydrogens is 319 g/mol. The minimum atomic E-state index is -0.673. The zero-order valence-electron chi connectivity index (χ0n) is 14.7. The molecule has 1 aromatic heterocycles. The van der Waals surface area contributed by atoms with Crippen LogP contribution in [0.25, 0.3) is 11.3 Å². The van der Waals surface area contributed by atoms with Crippen molar-refractivity contribution in [2.24, 2.45) is 0 Å². The maximum absolute atomic E-state index is 13.8. The highest BCUT2D eigenvalue weighted by Crippen LogP contribution is 2.29. The van der Waals surface area contributed by atoms with Gasteiger partial charge in [-0.3, -0.25) is 4.79 Å².